The van der Waals surface area contributed by atoms with Crippen molar-refractivity contribution in [1.82, 2.24) is 14.8 Å². The van der Waals surface area contributed by atoms with Crippen molar-refractivity contribution < 1.29 is 9.47 Å². The normalized spacial score (nSPS) is 15.8. The van der Waals surface area contributed by atoms with Crippen molar-refractivity contribution in [3.8, 4) is 11.5 Å². The first-order chi connectivity index (χ1) is 12.7. The third-order valence-corrected chi connectivity index (χ3v) is 4.88. The molecule has 0 saturated carbocycles. The summed E-state index contributed by atoms with van der Waals surface area (Å²) in [5.74, 6) is 1.57. The molecule has 2 heterocycles. The van der Waals surface area contributed by atoms with Gasteiger partial charge in [-0.3, -0.25) is 4.98 Å². The summed E-state index contributed by atoms with van der Waals surface area (Å²) in [6, 6.07) is 10.2. The number of piperazine rings is 1. The molecule has 0 atom stereocenters. The molecule has 0 bridgehead atoms. The van der Waals surface area contributed by atoms with Crippen LogP contribution in [-0.4, -0.2) is 61.7 Å². The van der Waals surface area contributed by atoms with Gasteiger partial charge in [-0.25, -0.2) is 0 Å². The second-order valence-corrected chi connectivity index (χ2v) is 6.88. The van der Waals surface area contributed by atoms with E-state index in [1.807, 2.05) is 24.4 Å². The zero-order valence-electron chi connectivity index (χ0n) is 15.9. The van der Waals surface area contributed by atoms with Crippen molar-refractivity contribution in [3.63, 3.8) is 0 Å². The lowest BCUT2D eigenvalue weighted by molar-refractivity contribution is 0.153. The number of likely N-dealkylation sites (N-methyl/N-ethyl adjacent to an activating group) is 1. The summed E-state index contributed by atoms with van der Waals surface area (Å²) in [5, 5.41) is 0. The molecule has 0 amide bonds. The van der Waals surface area contributed by atoms with Gasteiger partial charge in [0, 0.05) is 44.1 Å². The van der Waals surface area contributed by atoms with Crippen LogP contribution < -0.4 is 9.47 Å². The number of methoxy groups -OCH3 is 1. The third kappa shape index (κ3) is 5.44. The van der Waals surface area contributed by atoms with Crippen molar-refractivity contribution in [2.24, 2.45) is 0 Å². The molecule has 5 nitrogen and oxygen atoms in total. The average Bonchev–Trinajstić information content (AvgIpc) is 2.69. The van der Waals surface area contributed by atoms with Crippen LogP contribution in [0.25, 0.3) is 0 Å². The molecule has 1 aromatic carbocycles. The van der Waals surface area contributed by atoms with Gasteiger partial charge >= 0.3 is 0 Å². The average molecular weight is 355 g/mol. The van der Waals surface area contributed by atoms with Crippen molar-refractivity contribution in [2.45, 2.75) is 19.4 Å². The van der Waals surface area contributed by atoms with Gasteiger partial charge in [0.05, 0.1) is 7.11 Å². The molecule has 1 fully saturated rings. The predicted molar refractivity (Wildman–Crippen MR) is 104 cm³/mol. The number of benzene rings is 1. The number of rotatable bonds is 8. The maximum atomic E-state index is 5.98. The molecule has 1 aromatic heterocycles. The highest BCUT2D eigenvalue weighted by atomic mass is 16.5. The number of hydrogen-bond donors (Lipinski definition) is 0. The van der Waals surface area contributed by atoms with Crippen LogP contribution in [-0.2, 0) is 13.0 Å². The summed E-state index contributed by atoms with van der Waals surface area (Å²) in [4.78, 5) is 9.08. The summed E-state index contributed by atoms with van der Waals surface area (Å²) < 4.78 is 11.4. The lowest BCUT2D eigenvalue weighted by Crippen LogP contribution is -2.44. The van der Waals surface area contributed by atoms with Gasteiger partial charge in [0.15, 0.2) is 11.5 Å². The highest BCUT2D eigenvalue weighted by Gasteiger charge is 2.13. The van der Waals surface area contributed by atoms with E-state index in [4.69, 9.17) is 9.47 Å². The summed E-state index contributed by atoms with van der Waals surface area (Å²) in [7, 11) is 3.88. The van der Waals surface area contributed by atoms with E-state index in [1.165, 1.54) is 31.7 Å². The van der Waals surface area contributed by atoms with Crippen LogP contribution >= 0.6 is 0 Å². The number of aryl methyl sites for hydroxylation is 1. The van der Waals surface area contributed by atoms with E-state index in [2.05, 4.69) is 34.0 Å². The summed E-state index contributed by atoms with van der Waals surface area (Å²) in [5.41, 5.74) is 2.34. The Balaban J connectivity index is 1.53. The highest BCUT2D eigenvalue weighted by Crippen LogP contribution is 2.29. The lowest BCUT2D eigenvalue weighted by Gasteiger charge is -2.32. The molecule has 26 heavy (non-hydrogen) atoms. The summed E-state index contributed by atoms with van der Waals surface area (Å²) in [6.45, 7) is 6.36. The van der Waals surface area contributed by atoms with Crippen LogP contribution in [0.2, 0.25) is 0 Å². The molecule has 140 valence electrons. The van der Waals surface area contributed by atoms with Crippen LogP contribution in [0.15, 0.2) is 42.7 Å². The molecule has 2 aromatic rings. The van der Waals surface area contributed by atoms with Gasteiger partial charge in [-0.1, -0.05) is 12.1 Å². The van der Waals surface area contributed by atoms with Gasteiger partial charge in [0.25, 0.3) is 0 Å². The Morgan fingerprint density at radius 2 is 1.88 bits per heavy atom. The van der Waals surface area contributed by atoms with Crippen molar-refractivity contribution >= 4 is 0 Å². The largest absolute Gasteiger partial charge is 0.493 e. The fraction of sp³-hybridized carbons (Fsp3) is 0.476. The molecule has 0 spiro atoms. The fourth-order valence-electron chi connectivity index (χ4n) is 3.21. The minimum Gasteiger partial charge on any atom is -0.493 e. The van der Waals surface area contributed by atoms with E-state index in [0.717, 1.165) is 36.4 Å². The standard InChI is InChI=1S/C21H29N3O2/c1-23-11-13-24(14-12-23)10-4-6-18-7-8-20(25-2)21(15-18)26-17-19-5-3-9-22-16-19/h3,5,7-9,15-16H,4,6,10-14,17H2,1-2H3. The van der Waals surface area contributed by atoms with Crippen LogP contribution in [0.1, 0.15) is 17.5 Å². The van der Waals surface area contributed by atoms with Gasteiger partial charge in [-0.05, 0) is 50.2 Å². The zero-order valence-corrected chi connectivity index (χ0v) is 15.9. The second kappa shape index (κ2) is 9.55. The smallest absolute Gasteiger partial charge is 0.161 e. The van der Waals surface area contributed by atoms with E-state index < -0.39 is 0 Å². The number of nitrogens with zero attached hydrogens (tertiary/aromatic N) is 3. The van der Waals surface area contributed by atoms with E-state index in [9.17, 15) is 0 Å². The fourth-order valence-corrected chi connectivity index (χ4v) is 3.21. The SMILES string of the molecule is COc1ccc(CCCN2CCN(C)CC2)cc1OCc1cccnc1. The van der Waals surface area contributed by atoms with Crippen LogP contribution in [0.4, 0.5) is 0 Å². The van der Waals surface area contributed by atoms with Gasteiger partial charge in [0.1, 0.15) is 6.61 Å². The van der Waals surface area contributed by atoms with Crippen LogP contribution in [0.3, 0.4) is 0 Å². The molecular formula is C21H29N3O2. The first-order valence-corrected chi connectivity index (χ1v) is 9.34. The van der Waals surface area contributed by atoms with Gasteiger partial charge in [0.2, 0.25) is 0 Å². The van der Waals surface area contributed by atoms with Crippen LogP contribution in [0, 0.1) is 0 Å². The number of aromatic nitrogens is 1. The maximum absolute atomic E-state index is 5.98. The van der Waals surface area contributed by atoms with E-state index in [0.29, 0.717) is 6.61 Å². The lowest BCUT2D eigenvalue weighted by atomic mass is 10.1. The minimum atomic E-state index is 0.495. The van der Waals surface area contributed by atoms with Gasteiger partial charge in [-0.15, -0.1) is 0 Å². The number of hydrogen-bond acceptors (Lipinski definition) is 5. The first kappa shape index (κ1) is 18.7. The number of ether oxygens (including phenoxy) is 2. The molecule has 0 unspecified atom stereocenters. The molecule has 5 heteroatoms. The maximum Gasteiger partial charge on any atom is 0.161 e. The van der Waals surface area contributed by atoms with Gasteiger partial charge in [-0.2, -0.15) is 0 Å². The third-order valence-electron chi connectivity index (χ3n) is 4.88. The van der Waals surface area contributed by atoms with Crippen molar-refractivity contribution in [1.29, 1.82) is 0 Å². The summed E-state index contributed by atoms with van der Waals surface area (Å²) in [6.07, 6.45) is 5.81. The Hall–Kier alpha value is -2.11. The molecule has 1 aliphatic rings. The monoisotopic (exact) mass is 355 g/mol. The Kier molecular flexibility index (Phi) is 6.86. The van der Waals surface area contributed by atoms with Crippen LogP contribution in [0.5, 0.6) is 11.5 Å². The highest BCUT2D eigenvalue weighted by molar-refractivity contribution is 5.43. The van der Waals surface area contributed by atoms with Crippen molar-refractivity contribution in [3.05, 3.63) is 53.9 Å². The Labute approximate surface area is 156 Å². The first-order valence-electron chi connectivity index (χ1n) is 9.34. The van der Waals surface area contributed by atoms with Gasteiger partial charge < -0.3 is 19.3 Å². The van der Waals surface area contributed by atoms with E-state index in [1.54, 1.807) is 13.3 Å². The summed E-state index contributed by atoms with van der Waals surface area (Å²) >= 11 is 0. The topological polar surface area (TPSA) is 37.8 Å². The predicted octanol–water partition coefficient (Wildman–Crippen LogP) is 2.85. The zero-order chi connectivity index (χ0) is 18.2. The quantitative estimate of drug-likeness (QED) is 0.728. The van der Waals surface area contributed by atoms with E-state index >= 15 is 0 Å². The Morgan fingerprint density at radius 3 is 2.62 bits per heavy atom. The molecule has 1 saturated heterocycles. The Bertz CT molecular complexity index is 670. The molecule has 3 rings (SSSR count). The molecular weight excluding hydrogens is 326 g/mol. The second-order valence-electron chi connectivity index (χ2n) is 6.88. The molecule has 1 aliphatic heterocycles. The Morgan fingerprint density at radius 1 is 1.04 bits per heavy atom. The molecule has 0 aliphatic carbocycles. The van der Waals surface area contributed by atoms with E-state index in [-0.39, 0.29) is 0 Å². The number of pyridine rings is 1. The minimum absolute atomic E-state index is 0.495. The van der Waals surface area contributed by atoms with Crippen molar-refractivity contribution in [2.75, 3.05) is 46.9 Å². The molecule has 0 radical (unpaired) electrons. The molecule has 0 N–H and O–H groups in total.